The molecule has 2 aliphatic rings. The molecule has 0 aromatic heterocycles. The first-order chi connectivity index (χ1) is 28.7. The molecule has 24 heteroatoms. The van der Waals surface area contributed by atoms with Crippen LogP contribution in [0.25, 0.3) is 0 Å². The van der Waals surface area contributed by atoms with Crippen molar-refractivity contribution >= 4 is 117 Å². The lowest BCUT2D eigenvalue weighted by atomic mass is 10.4. The highest BCUT2D eigenvalue weighted by Gasteiger charge is 2.23. The monoisotopic (exact) mass is 968 g/mol. The fourth-order valence-corrected chi connectivity index (χ4v) is 6.86. The lowest BCUT2D eigenvalue weighted by Gasteiger charge is -2.15. The van der Waals surface area contributed by atoms with Crippen LogP contribution in [0.3, 0.4) is 0 Å². The molecule has 0 aromatic carbocycles. The summed E-state index contributed by atoms with van der Waals surface area (Å²) in [4.78, 5) is 66.4. The third-order valence-corrected chi connectivity index (χ3v) is 10.7. The van der Waals surface area contributed by atoms with Crippen molar-refractivity contribution in [1.29, 1.82) is 0 Å². The SMILES string of the molecule is C=CC(=O)OCC1CSC(=S)O1.COC(COC(=O)COCCOCC(C)=O)CSCCC(=O)OCC1CSC(=S)O1.COC(CS)COC(=O)COCCOCC(C)=O. The van der Waals surface area contributed by atoms with Crippen molar-refractivity contribution in [3.8, 4) is 0 Å². The van der Waals surface area contributed by atoms with E-state index in [9.17, 15) is 28.8 Å². The van der Waals surface area contributed by atoms with Crippen LogP contribution in [-0.4, -0.2) is 191 Å². The number of hydrogen-bond acceptors (Lipinski definition) is 24. The number of thioether (sulfide) groups is 3. The molecule has 2 aliphatic heterocycles. The second kappa shape index (κ2) is 38.6. The van der Waals surface area contributed by atoms with Crippen molar-refractivity contribution in [2.75, 3.05) is 122 Å². The summed E-state index contributed by atoms with van der Waals surface area (Å²) < 4.78 is 61.7. The average molecular weight is 969 g/mol. The number of ketones is 2. The zero-order valence-corrected chi connectivity index (χ0v) is 39.1. The van der Waals surface area contributed by atoms with E-state index in [0.717, 1.165) is 11.8 Å². The number of Topliss-reactive ketones (excluding diaryl/α,β-unsaturated/α-hetero) is 2. The quantitative estimate of drug-likeness (QED) is 0.0264. The Bertz CT molecular complexity index is 1300. The average Bonchev–Trinajstić information content (AvgIpc) is 3.85. The normalized spacial score (nSPS) is 16.4. The number of carbonyl (C=O) groups is 6. The molecule has 0 amide bonds. The fraction of sp³-hybridized carbons (Fsp3) is 0.722. The molecular weight excluding hydrogens is 913 g/mol. The Morgan fingerprint density at radius 3 is 1.58 bits per heavy atom. The highest BCUT2D eigenvalue weighted by molar-refractivity contribution is 8.23. The van der Waals surface area contributed by atoms with Gasteiger partial charge in [-0.05, 0) is 38.3 Å². The highest BCUT2D eigenvalue weighted by atomic mass is 32.2. The second-order valence-corrected chi connectivity index (χ2v) is 16.6. The van der Waals surface area contributed by atoms with E-state index in [-0.39, 0.29) is 128 Å². The minimum atomic E-state index is -0.510. The van der Waals surface area contributed by atoms with Crippen LogP contribution in [0.15, 0.2) is 12.7 Å². The Hall–Kier alpha value is -2.10. The Morgan fingerprint density at radius 2 is 1.18 bits per heavy atom. The summed E-state index contributed by atoms with van der Waals surface area (Å²) >= 11 is 18.1. The van der Waals surface area contributed by atoms with Crippen LogP contribution in [0.2, 0.25) is 0 Å². The van der Waals surface area contributed by atoms with E-state index in [1.165, 1.54) is 63.4 Å². The van der Waals surface area contributed by atoms with E-state index < -0.39 is 17.9 Å². The number of esters is 4. The van der Waals surface area contributed by atoms with Crippen molar-refractivity contribution in [2.24, 2.45) is 0 Å². The van der Waals surface area contributed by atoms with Gasteiger partial charge in [-0.15, -0.1) is 0 Å². The van der Waals surface area contributed by atoms with Gasteiger partial charge in [0.15, 0.2) is 11.6 Å². The number of ether oxygens (including phenoxy) is 12. The van der Waals surface area contributed by atoms with Crippen LogP contribution in [0.5, 0.6) is 0 Å². The molecule has 0 bridgehead atoms. The molecule has 2 fully saturated rings. The van der Waals surface area contributed by atoms with Crippen molar-refractivity contribution in [2.45, 2.75) is 44.7 Å². The minimum Gasteiger partial charge on any atom is -0.471 e. The van der Waals surface area contributed by atoms with Crippen LogP contribution >= 0.6 is 72.4 Å². The zero-order valence-electron chi connectivity index (χ0n) is 34.2. The van der Waals surface area contributed by atoms with Gasteiger partial charge in [-0.1, -0.05) is 30.1 Å². The molecule has 0 N–H and O–H groups in total. The van der Waals surface area contributed by atoms with Crippen LogP contribution in [-0.2, 0) is 85.6 Å². The van der Waals surface area contributed by atoms with E-state index in [2.05, 4.69) is 19.2 Å². The second-order valence-electron chi connectivity index (χ2n) is 11.8. The van der Waals surface area contributed by atoms with Gasteiger partial charge in [-0.2, -0.15) is 24.4 Å². The summed E-state index contributed by atoms with van der Waals surface area (Å²) in [6.45, 7) is 7.51. The molecule has 2 rings (SSSR count). The molecule has 2 heterocycles. The predicted octanol–water partition coefficient (Wildman–Crippen LogP) is 2.48. The lowest BCUT2D eigenvalue weighted by Crippen LogP contribution is -2.25. The van der Waals surface area contributed by atoms with Crippen molar-refractivity contribution in [3.63, 3.8) is 0 Å². The van der Waals surface area contributed by atoms with E-state index in [1.54, 1.807) is 0 Å². The highest BCUT2D eigenvalue weighted by Crippen LogP contribution is 2.21. The molecule has 2 saturated heterocycles. The molecule has 0 radical (unpaired) electrons. The number of hydrogen-bond donors (Lipinski definition) is 1. The van der Waals surface area contributed by atoms with Crippen LogP contribution in [0.4, 0.5) is 0 Å². The summed E-state index contributed by atoms with van der Waals surface area (Å²) in [5.74, 6) is 1.24. The molecule has 0 saturated carbocycles. The van der Waals surface area contributed by atoms with Gasteiger partial charge in [0.1, 0.15) is 71.2 Å². The predicted molar refractivity (Wildman–Crippen MR) is 236 cm³/mol. The summed E-state index contributed by atoms with van der Waals surface area (Å²) in [5.41, 5.74) is 0. The summed E-state index contributed by atoms with van der Waals surface area (Å²) in [6, 6.07) is 0. The molecule has 344 valence electrons. The number of rotatable bonds is 31. The van der Waals surface area contributed by atoms with Gasteiger partial charge in [-0.25, -0.2) is 14.4 Å². The third-order valence-electron chi connectivity index (χ3n) is 6.59. The fourth-order valence-electron chi connectivity index (χ4n) is 3.57. The molecule has 4 unspecified atom stereocenters. The third kappa shape index (κ3) is 35.5. The van der Waals surface area contributed by atoms with Gasteiger partial charge in [-0.3, -0.25) is 14.4 Å². The van der Waals surface area contributed by atoms with Gasteiger partial charge < -0.3 is 56.8 Å². The van der Waals surface area contributed by atoms with Crippen molar-refractivity contribution in [3.05, 3.63) is 12.7 Å². The summed E-state index contributed by atoms with van der Waals surface area (Å²) in [5, 5.41) is 0. The molecule has 0 spiro atoms. The molecule has 18 nitrogen and oxygen atoms in total. The van der Waals surface area contributed by atoms with Crippen LogP contribution in [0.1, 0.15) is 20.3 Å². The van der Waals surface area contributed by atoms with E-state index >= 15 is 0 Å². The van der Waals surface area contributed by atoms with Crippen molar-refractivity contribution in [1.82, 2.24) is 0 Å². The Labute approximate surface area is 379 Å². The van der Waals surface area contributed by atoms with Gasteiger partial charge in [0.05, 0.1) is 39.0 Å². The Balaban J connectivity index is 0.000000976. The van der Waals surface area contributed by atoms with E-state index in [1.807, 2.05) is 0 Å². The van der Waals surface area contributed by atoms with E-state index in [0.29, 0.717) is 31.8 Å². The standard InChI is InChI=1S/C18H28O9S3.C11H20O6S.C7H8O3S2/c1-13(19)7-23-4-5-24-10-17(21)26-8-14(22-2)11-29-6-3-16(20)25-9-15-12-30-18(28)27-15;1-9(12)5-15-3-4-16-7-11(13)17-6-10(8-18)14-2;1-2-6(8)9-3-5-4-12-7(11)10-5/h14-15H,3-12H2,1-2H3;10,18H,3-8H2,1-2H3;2,5H,1,3-4H2. The number of thiocarbonyl (C=S) groups is 2. The molecule has 60 heavy (non-hydrogen) atoms. The summed E-state index contributed by atoms with van der Waals surface area (Å²) in [7, 11) is 3.05. The molecular formula is C36H56O18S6. The first-order valence-corrected chi connectivity index (χ1v) is 22.8. The first kappa shape index (κ1) is 57.9. The maximum atomic E-state index is 11.7. The molecule has 0 aliphatic carbocycles. The van der Waals surface area contributed by atoms with Gasteiger partial charge in [0, 0.05) is 49.1 Å². The van der Waals surface area contributed by atoms with Gasteiger partial charge in [0.2, 0.25) is 8.77 Å². The number of thiol groups is 1. The smallest absolute Gasteiger partial charge is 0.332 e. The van der Waals surface area contributed by atoms with Gasteiger partial charge in [0.25, 0.3) is 0 Å². The maximum absolute atomic E-state index is 11.7. The Morgan fingerprint density at radius 1 is 0.733 bits per heavy atom. The molecule has 0 aromatic rings. The van der Waals surface area contributed by atoms with Gasteiger partial charge >= 0.3 is 23.9 Å². The first-order valence-electron chi connectivity index (χ1n) is 18.2. The largest absolute Gasteiger partial charge is 0.471 e. The number of carbonyl (C=O) groups excluding carboxylic acids is 6. The Kier molecular flexibility index (Phi) is 37.2. The van der Waals surface area contributed by atoms with E-state index in [4.69, 9.17) is 81.3 Å². The topological polar surface area (TPSA) is 213 Å². The maximum Gasteiger partial charge on any atom is 0.332 e. The number of methoxy groups -OCH3 is 2. The van der Waals surface area contributed by atoms with Crippen molar-refractivity contribution < 1.29 is 85.6 Å². The lowest BCUT2D eigenvalue weighted by molar-refractivity contribution is -0.153. The van der Waals surface area contributed by atoms with Crippen LogP contribution in [0, 0.1) is 0 Å². The molecule has 4 atom stereocenters. The minimum absolute atomic E-state index is 0.0292. The zero-order chi connectivity index (χ0) is 45.0. The van der Waals surface area contributed by atoms with Crippen LogP contribution < -0.4 is 0 Å². The summed E-state index contributed by atoms with van der Waals surface area (Å²) in [6.07, 6.45) is 0.635.